The quantitative estimate of drug-likeness (QED) is 0.580. The van der Waals surface area contributed by atoms with Gasteiger partial charge in [-0.05, 0) is 32.4 Å². The Kier molecular flexibility index (Phi) is 4.58. The van der Waals surface area contributed by atoms with Gasteiger partial charge in [0.1, 0.15) is 0 Å². The van der Waals surface area contributed by atoms with Crippen molar-refractivity contribution in [2.45, 2.75) is 31.9 Å². The lowest BCUT2D eigenvalue weighted by Crippen LogP contribution is -2.42. The van der Waals surface area contributed by atoms with Crippen LogP contribution in [0.25, 0.3) is 0 Å². The van der Waals surface area contributed by atoms with E-state index in [2.05, 4.69) is 0 Å². The molecule has 1 aliphatic heterocycles. The summed E-state index contributed by atoms with van der Waals surface area (Å²) in [5.74, 6) is -1.08. The summed E-state index contributed by atoms with van der Waals surface area (Å²) in [5, 5.41) is 7.03. The van der Waals surface area contributed by atoms with Crippen LogP contribution in [0.2, 0.25) is 0 Å². The van der Waals surface area contributed by atoms with Crippen LogP contribution < -0.4 is 5.73 Å². The molecular formula is C10H18F3N3. The molecule has 0 bridgehead atoms. The number of likely N-dealkylation sites (tertiary alicyclic amines) is 1. The van der Waals surface area contributed by atoms with E-state index < -0.39 is 12.1 Å². The molecule has 0 aromatic heterocycles. The Balaban J connectivity index is 2.31. The van der Waals surface area contributed by atoms with Gasteiger partial charge in [-0.1, -0.05) is 0 Å². The summed E-state index contributed by atoms with van der Waals surface area (Å²) in [6.45, 7) is 1.43. The summed E-state index contributed by atoms with van der Waals surface area (Å²) in [4.78, 5) is 1.82. The molecule has 1 rings (SSSR count). The molecule has 3 nitrogen and oxygen atoms in total. The maximum atomic E-state index is 12.5. The molecule has 0 radical (unpaired) electrons. The van der Waals surface area contributed by atoms with Crippen molar-refractivity contribution in [2.75, 3.05) is 19.6 Å². The van der Waals surface area contributed by atoms with Crippen LogP contribution in [0.5, 0.6) is 0 Å². The van der Waals surface area contributed by atoms with Gasteiger partial charge in [-0.3, -0.25) is 5.41 Å². The Morgan fingerprint density at radius 3 is 2.69 bits per heavy atom. The number of alkyl halides is 3. The van der Waals surface area contributed by atoms with E-state index in [-0.39, 0.29) is 18.8 Å². The minimum absolute atomic E-state index is 0.0986. The maximum absolute atomic E-state index is 12.5. The van der Waals surface area contributed by atoms with Crippen molar-refractivity contribution in [3.63, 3.8) is 0 Å². The molecule has 1 heterocycles. The first-order valence-electron chi connectivity index (χ1n) is 5.51. The van der Waals surface area contributed by atoms with E-state index >= 15 is 0 Å². The molecule has 1 aliphatic rings. The van der Waals surface area contributed by atoms with Crippen molar-refractivity contribution in [3.05, 3.63) is 0 Å². The lowest BCUT2D eigenvalue weighted by molar-refractivity contribution is -0.186. The minimum Gasteiger partial charge on any atom is -0.388 e. The monoisotopic (exact) mass is 237 g/mol. The number of piperidine rings is 1. The standard InChI is InChI=1S/C10H18F3N3/c11-10(12,13)8-3-1-5-16(7-8)6-2-4-9(14)15/h8H,1-7H2,(H3,14,15). The third kappa shape index (κ3) is 4.38. The van der Waals surface area contributed by atoms with Crippen LogP contribution in [0.1, 0.15) is 25.7 Å². The third-order valence-electron chi connectivity index (χ3n) is 2.89. The minimum atomic E-state index is -4.07. The first-order chi connectivity index (χ1) is 7.39. The molecule has 0 amide bonds. The fourth-order valence-electron chi connectivity index (χ4n) is 2.02. The van der Waals surface area contributed by atoms with Gasteiger partial charge in [0.25, 0.3) is 0 Å². The van der Waals surface area contributed by atoms with Crippen LogP contribution >= 0.6 is 0 Å². The lowest BCUT2D eigenvalue weighted by Gasteiger charge is -2.33. The summed E-state index contributed by atoms with van der Waals surface area (Å²) < 4.78 is 37.5. The van der Waals surface area contributed by atoms with Gasteiger partial charge in [-0.2, -0.15) is 13.2 Å². The molecule has 3 N–H and O–H groups in total. The number of amidine groups is 1. The normalized spacial score (nSPS) is 23.3. The highest BCUT2D eigenvalue weighted by Crippen LogP contribution is 2.33. The summed E-state index contributed by atoms with van der Waals surface area (Å²) >= 11 is 0. The third-order valence-corrected chi connectivity index (χ3v) is 2.89. The molecule has 1 unspecified atom stereocenters. The zero-order chi connectivity index (χ0) is 12.2. The van der Waals surface area contributed by atoms with Gasteiger partial charge in [0.2, 0.25) is 0 Å². The van der Waals surface area contributed by atoms with Gasteiger partial charge < -0.3 is 10.6 Å². The van der Waals surface area contributed by atoms with E-state index in [1.54, 1.807) is 0 Å². The van der Waals surface area contributed by atoms with Crippen LogP contribution in [-0.4, -0.2) is 36.5 Å². The Morgan fingerprint density at radius 2 is 2.12 bits per heavy atom. The fraction of sp³-hybridized carbons (Fsp3) is 0.900. The first kappa shape index (κ1) is 13.3. The highest BCUT2D eigenvalue weighted by Gasteiger charge is 2.41. The average molecular weight is 237 g/mol. The number of rotatable bonds is 4. The topological polar surface area (TPSA) is 53.1 Å². The van der Waals surface area contributed by atoms with E-state index in [0.29, 0.717) is 25.8 Å². The smallest absolute Gasteiger partial charge is 0.388 e. The van der Waals surface area contributed by atoms with E-state index in [9.17, 15) is 13.2 Å². The molecule has 0 spiro atoms. The molecule has 0 saturated carbocycles. The summed E-state index contributed by atoms with van der Waals surface area (Å²) in [5.41, 5.74) is 5.19. The van der Waals surface area contributed by atoms with Crippen LogP contribution in [0.15, 0.2) is 0 Å². The van der Waals surface area contributed by atoms with Gasteiger partial charge in [0.05, 0.1) is 11.8 Å². The highest BCUT2D eigenvalue weighted by atomic mass is 19.4. The summed E-state index contributed by atoms with van der Waals surface area (Å²) in [6, 6.07) is 0. The molecule has 1 saturated heterocycles. The molecule has 0 aromatic carbocycles. The van der Waals surface area contributed by atoms with Crippen molar-refractivity contribution in [1.82, 2.24) is 4.90 Å². The highest BCUT2D eigenvalue weighted by molar-refractivity contribution is 5.76. The Bertz CT molecular complexity index is 240. The molecule has 1 fully saturated rings. The Morgan fingerprint density at radius 1 is 1.44 bits per heavy atom. The number of nitrogens with one attached hydrogen (secondary N) is 1. The van der Waals surface area contributed by atoms with E-state index in [0.717, 1.165) is 6.54 Å². The first-order valence-corrected chi connectivity index (χ1v) is 5.51. The average Bonchev–Trinajstić information content (AvgIpc) is 2.16. The zero-order valence-corrected chi connectivity index (χ0v) is 9.19. The molecular weight excluding hydrogens is 219 g/mol. The molecule has 0 aromatic rings. The zero-order valence-electron chi connectivity index (χ0n) is 9.19. The predicted molar refractivity (Wildman–Crippen MR) is 56.4 cm³/mol. The number of hydrogen-bond donors (Lipinski definition) is 2. The summed E-state index contributed by atoms with van der Waals surface area (Å²) in [7, 11) is 0. The fourth-order valence-corrected chi connectivity index (χ4v) is 2.02. The molecule has 6 heteroatoms. The van der Waals surface area contributed by atoms with E-state index in [1.165, 1.54) is 0 Å². The number of hydrogen-bond acceptors (Lipinski definition) is 2. The second-order valence-corrected chi connectivity index (χ2v) is 4.31. The molecule has 94 valence electrons. The van der Waals surface area contributed by atoms with Gasteiger partial charge >= 0.3 is 6.18 Å². The second kappa shape index (κ2) is 5.52. The summed E-state index contributed by atoms with van der Waals surface area (Å²) in [6.07, 6.45) is -2.09. The number of nitrogens with zero attached hydrogens (tertiary/aromatic N) is 1. The van der Waals surface area contributed by atoms with Crippen LogP contribution in [-0.2, 0) is 0 Å². The maximum Gasteiger partial charge on any atom is 0.393 e. The van der Waals surface area contributed by atoms with Crippen molar-refractivity contribution >= 4 is 5.84 Å². The van der Waals surface area contributed by atoms with Gasteiger partial charge in [-0.15, -0.1) is 0 Å². The Hall–Kier alpha value is -0.780. The number of nitrogens with two attached hydrogens (primary N) is 1. The van der Waals surface area contributed by atoms with Crippen LogP contribution in [0.4, 0.5) is 13.2 Å². The van der Waals surface area contributed by atoms with Gasteiger partial charge in [0, 0.05) is 13.0 Å². The molecule has 0 aliphatic carbocycles. The van der Waals surface area contributed by atoms with Crippen LogP contribution in [0.3, 0.4) is 0 Å². The molecule has 1 atom stereocenters. The van der Waals surface area contributed by atoms with Gasteiger partial charge in [-0.25, -0.2) is 0 Å². The van der Waals surface area contributed by atoms with Crippen LogP contribution in [0, 0.1) is 11.3 Å². The van der Waals surface area contributed by atoms with E-state index in [4.69, 9.17) is 11.1 Å². The number of halogens is 3. The molecule has 16 heavy (non-hydrogen) atoms. The van der Waals surface area contributed by atoms with Gasteiger partial charge in [0.15, 0.2) is 0 Å². The largest absolute Gasteiger partial charge is 0.393 e. The van der Waals surface area contributed by atoms with Crippen molar-refractivity contribution in [2.24, 2.45) is 11.7 Å². The van der Waals surface area contributed by atoms with Crippen molar-refractivity contribution in [1.29, 1.82) is 5.41 Å². The Labute approximate surface area is 93.3 Å². The predicted octanol–water partition coefficient (Wildman–Crippen LogP) is 1.98. The lowest BCUT2D eigenvalue weighted by atomic mass is 9.97. The SMILES string of the molecule is N=C(N)CCCN1CCCC(C(F)(F)F)C1. The van der Waals surface area contributed by atoms with Crippen molar-refractivity contribution in [3.8, 4) is 0 Å². The van der Waals surface area contributed by atoms with E-state index in [1.807, 2.05) is 4.90 Å². The van der Waals surface area contributed by atoms with Crippen molar-refractivity contribution < 1.29 is 13.2 Å². The second-order valence-electron chi connectivity index (χ2n) is 4.31.